The Morgan fingerprint density at radius 1 is 0.447 bits per heavy atom. The standard InChI is InChI=1S/4C4H10O3.C2H6O2.2C2H4O/c4*5-1-3-7-4-2-6;3-1-2-4;2*1-2-3-1/h4*5-6H,1-4H2;3-4H,1-2H2;2*1-2H2/i3D,4D;2*1D,4D;1D,2D;3*1D. The lowest BCUT2D eigenvalue weighted by molar-refractivity contribution is 0.0649. The van der Waals surface area contributed by atoms with E-state index in [-0.39, 0.29) is 39.6 Å². The highest BCUT2D eigenvalue weighted by Gasteiger charge is 1.94. The lowest BCUT2D eigenvalue weighted by Crippen LogP contribution is -2.03. The van der Waals surface area contributed by atoms with Gasteiger partial charge in [0.1, 0.15) is 0 Å². The smallest absolute Gasteiger partial charge is 0.0701 e. The maximum absolute atomic E-state index is 8.27. The molecule has 2 fully saturated rings. The first-order chi connectivity index (χ1) is 22.7. The highest BCUT2D eigenvalue weighted by Crippen LogP contribution is 1.85. The molecular formula is C22H54O16. The van der Waals surface area contributed by atoms with Gasteiger partial charge < -0.3 is 79.5 Å². The summed E-state index contributed by atoms with van der Waals surface area (Å²) in [6, 6.07) is 0. The van der Waals surface area contributed by atoms with Crippen LogP contribution in [0.3, 0.4) is 0 Å². The van der Waals surface area contributed by atoms with Crippen LogP contribution in [-0.2, 0) is 28.4 Å². The number of rotatable bonds is 17. The third kappa shape index (κ3) is 124. The van der Waals surface area contributed by atoms with Crippen LogP contribution in [0.2, 0.25) is 0 Å². The molecule has 238 valence electrons. The van der Waals surface area contributed by atoms with E-state index in [2.05, 4.69) is 28.4 Å². The SMILES string of the molecule is [2H]C(CO)OC([2H])CO.[2H]C(O)CO.[2H]C(O)COC([2H])CO.[2H]C(O)COC([2H])CO.[2H]C(O)COCC([2H])O.[2H]C1CO1.[2H]C1CO1. The highest BCUT2D eigenvalue weighted by atomic mass is 16.6. The van der Waals surface area contributed by atoms with Crippen molar-refractivity contribution in [2.75, 3.05) is 145 Å². The van der Waals surface area contributed by atoms with E-state index in [0.29, 0.717) is 13.2 Å². The van der Waals surface area contributed by atoms with Gasteiger partial charge in [-0.25, -0.2) is 0 Å². The van der Waals surface area contributed by atoms with Gasteiger partial charge in [-0.15, -0.1) is 0 Å². The fourth-order valence-electron chi connectivity index (χ4n) is 0.655. The van der Waals surface area contributed by atoms with Gasteiger partial charge in [0.2, 0.25) is 0 Å². The van der Waals surface area contributed by atoms with Crippen molar-refractivity contribution in [3.8, 4) is 0 Å². The van der Waals surface area contributed by atoms with Gasteiger partial charge in [-0.05, 0) is 0 Å². The minimum Gasteiger partial charge on any atom is -0.394 e. The molecule has 2 aliphatic rings. The minimum atomic E-state index is -1.32. The van der Waals surface area contributed by atoms with Crippen LogP contribution in [0.5, 0.6) is 0 Å². The van der Waals surface area contributed by atoms with E-state index in [4.69, 9.17) is 66.1 Å². The predicted molar refractivity (Wildman–Crippen MR) is 136 cm³/mol. The Morgan fingerprint density at radius 2 is 0.684 bits per heavy atom. The van der Waals surface area contributed by atoms with Crippen molar-refractivity contribution < 1.29 is 94.6 Å². The summed E-state index contributed by atoms with van der Waals surface area (Å²) in [5.74, 6) is 0. The summed E-state index contributed by atoms with van der Waals surface area (Å²) >= 11 is 0. The summed E-state index contributed by atoms with van der Waals surface area (Å²) in [7, 11) is 0. The number of hydrogen-bond acceptors (Lipinski definition) is 16. The summed E-state index contributed by atoms with van der Waals surface area (Å²) in [4.78, 5) is 0. The number of epoxide rings is 2. The van der Waals surface area contributed by atoms with Crippen LogP contribution >= 0.6 is 0 Å². The summed E-state index contributed by atoms with van der Waals surface area (Å²) in [6.45, 7) is -12.8. The molecule has 10 N–H and O–H groups in total. The van der Waals surface area contributed by atoms with Gasteiger partial charge in [0.25, 0.3) is 0 Å². The third-order valence-corrected chi connectivity index (χ3v) is 1.87. The predicted octanol–water partition coefficient (Wildman–Crippen LogP) is -5.05. The van der Waals surface area contributed by atoms with Crippen molar-refractivity contribution in [1.29, 1.82) is 0 Å². The zero-order chi connectivity index (χ0) is 39.4. The van der Waals surface area contributed by atoms with Crippen molar-refractivity contribution in [2.45, 2.75) is 0 Å². The largest absolute Gasteiger partial charge is 0.394 e. The van der Waals surface area contributed by atoms with Crippen molar-refractivity contribution >= 4 is 0 Å². The van der Waals surface area contributed by atoms with Crippen LogP contribution in [0, 0.1) is 0 Å². The average molecular weight is 586 g/mol. The Hall–Kier alpha value is -0.640. The monoisotopic (exact) mass is 585 g/mol. The Balaban J connectivity index is -0.000000157. The molecule has 2 saturated heterocycles. The molecule has 0 radical (unpaired) electrons. The molecule has 16 nitrogen and oxygen atoms in total. The van der Waals surface area contributed by atoms with Gasteiger partial charge in [0, 0.05) is 0 Å². The van der Waals surface area contributed by atoms with Crippen LogP contribution in [0.25, 0.3) is 0 Å². The van der Waals surface area contributed by atoms with E-state index in [1.54, 1.807) is 0 Å². The molecule has 2 heterocycles. The Labute approximate surface area is 241 Å². The van der Waals surface area contributed by atoms with E-state index >= 15 is 0 Å². The quantitative estimate of drug-likeness (QED) is 0.0716. The van der Waals surface area contributed by atoms with Gasteiger partial charge in [0.15, 0.2) is 0 Å². The molecule has 38 heavy (non-hydrogen) atoms. The van der Waals surface area contributed by atoms with Gasteiger partial charge in [-0.3, -0.25) is 0 Å². The maximum Gasteiger partial charge on any atom is 0.0701 e. The Bertz CT molecular complexity index is 577. The van der Waals surface area contributed by atoms with Crippen LogP contribution in [-0.4, -0.2) is 196 Å². The van der Waals surface area contributed by atoms with Crippen LogP contribution < -0.4 is 0 Å². The van der Waals surface area contributed by atoms with Gasteiger partial charge in [-0.1, -0.05) is 0 Å². The first-order valence-electron chi connectivity index (χ1n) is 16.9. The van der Waals surface area contributed by atoms with Crippen molar-refractivity contribution in [2.24, 2.45) is 0 Å². The van der Waals surface area contributed by atoms with Crippen molar-refractivity contribution in [1.82, 2.24) is 0 Å². The normalized spacial score (nSPS) is 27.1. The van der Waals surface area contributed by atoms with Crippen LogP contribution in [0.4, 0.5) is 0 Å². The second kappa shape index (κ2) is 60.7. The van der Waals surface area contributed by atoms with E-state index in [1.165, 1.54) is 0 Å². The number of hydrogen-bond donors (Lipinski definition) is 10. The second-order valence-corrected chi connectivity index (χ2v) is 4.83. The number of ether oxygens (including phenoxy) is 6. The first-order valence-corrected chi connectivity index (χ1v) is 10.5. The molecule has 0 aliphatic carbocycles. The van der Waals surface area contributed by atoms with Crippen molar-refractivity contribution in [3.63, 3.8) is 0 Å². The fraction of sp³-hybridized carbons (Fsp3) is 1.00. The molecule has 16 heteroatoms. The Morgan fingerprint density at radius 3 is 0.868 bits per heavy atom. The molecule has 0 bridgehead atoms. The molecular weight excluding hydrogens is 520 g/mol. The summed E-state index contributed by atoms with van der Waals surface area (Å²) in [6.07, 6.45) is 0. The van der Waals surface area contributed by atoms with E-state index in [9.17, 15) is 0 Å². The van der Waals surface area contributed by atoms with Crippen LogP contribution in [0.15, 0.2) is 0 Å². The molecule has 0 aromatic heterocycles. The molecule has 11 unspecified atom stereocenters. The molecule has 2 rings (SSSR count). The van der Waals surface area contributed by atoms with E-state index < -0.39 is 92.3 Å². The van der Waals surface area contributed by atoms with Gasteiger partial charge in [0.05, 0.1) is 160 Å². The van der Waals surface area contributed by atoms with Gasteiger partial charge >= 0.3 is 0 Å². The minimum absolute atomic E-state index is 0.157. The highest BCUT2D eigenvalue weighted by molar-refractivity contribution is 4.37. The summed E-state index contributed by atoms with van der Waals surface area (Å²) in [5, 5.41) is 81.3. The lowest BCUT2D eigenvalue weighted by atomic mass is 10.7. The summed E-state index contributed by atoms with van der Waals surface area (Å²) in [5.41, 5.74) is 0. The topological polar surface area (TPSA) is 264 Å². The van der Waals surface area contributed by atoms with Crippen LogP contribution in [0.1, 0.15) is 15.1 Å². The molecule has 0 aromatic rings. The zero-order valence-electron chi connectivity index (χ0n) is 32.1. The number of aliphatic hydroxyl groups is 10. The fourth-order valence-corrected chi connectivity index (χ4v) is 0.655. The first kappa shape index (κ1) is 26.3. The molecule has 0 spiro atoms. The lowest BCUT2D eigenvalue weighted by Gasteiger charge is -1.94. The number of aliphatic hydroxyl groups excluding tert-OH is 10. The summed E-state index contributed by atoms with van der Waals surface area (Å²) < 4.78 is 98.6. The molecule has 2 aliphatic heterocycles. The molecule has 0 aromatic carbocycles. The maximum atomic E-state index is 8.27. The third-order valence-electron chi connectivity index (χ3n) is 1.87. The van der Waals surface area contributed by atoms with E-state index in [0.717, 1.165) is 0 Å². The van der Waals surface area contributed by atoms with Crippen molar-refractivity contribution in [3.05, 3.63) is 0 Å². The molecule has 0 amide bonds. The average Bonchev–Trinajstić information content (AvgIpc) is 3.99. The molecule has 0 saturated carbocycles. The zero-order valence-corrected chi connectivity index (χ0v) is 21.1. The Kier molecular flexibility index (Phi) is 42.0. The van der Waals surface area contributed by atoms with E-state index in [1.807, 2.05) is 0 Å². The second-order valence-electron chi connectivity index (χ2n) is 4.83. The molecule has 11 atom stereocenters. The van der Waals surface area contributed by atoms with Gasteiger partial charge in [-0.2, -0.15) is 0 Å².